The van der Waals surface area contributed by atoms with Crippen molar-refractivity contribution >= 4 is 0 Å². The molecule has 1 aliphatic heterocycles. The van der Waals surface area contributed by atoms with Gasteiger partial charge in [-0.1, -0.05) is 30.3 Å². The Labute approximate surface area is 83.0 Å². The van der Waals surface area contributed by atoms with Gasteiger partial charge in [-0.3, -0.25) is 0 Å². The molecule has 3 heteroatoms. The molecule has 0 amide bonds. The van der Waals surface area contributed by atoms with Crippen LogP contribution in [-0.4, -0.2) is 29.0 Å². The van der Waals surface area contributed by atoms with Gasteiger partial charge in [0, 0.05) is 6.42 Å². The second-order valence-electron chi connectivity index (χ2n) is 3.56. The second kappa shape index (κ2) is 4.09. The normalized spacial score (nSPS) is 32.0. The standard InChI is InChI=1S/C11H14O3/c12-7-11-9(13)6-10(14-11)8-4-2-1-3-5-8/h1-5,9-13H,6-7H2/t9-,10+,11-/m0/s1. The number of aliphatic hydroxyl groups excluding tert-OH is 2. The van der Waals surface area contributed by atoms with E-state index in [1.54, 1.807) is 0 Å². The lowest BCUT2D eigenvalue weighted by Gasteiger charge is -2.11. The third kappa shape index (κ3) is 1.80. The van der Waals surface area contributed by atoms with Crippen LogP contribution in [0.4, 0.5) is 0 Å². The van der Waals surface area contributed by atoms with Crippen molar-refractivity contribution in [2.75, 3.05) is 6.61 Å². The predicted molar refractivity (Wildman–Crippen MR) is 51.8 cm³/mol. The van der Waals surface area contributed by atoms with Gasteiger partial charge in [0.05, 0.1) is 18.8 Å². The molecule has 0 aliphatic carbocycles. The van der Waals surface area contributed by atoms with Crippen molar-refractivity contribution in [3.05, 3.63) is 35.9 Å². The van der Waals surface area contributed by atoms with Gasteiger partial charge in [0.15, 0.2) is 0 Å². The van der Waals surface area contributed by atoms with Gasteiger partial charge in [-0.15, -0.1) is 0 Å². The van der Waals surface area contributed by atoms with E-state index >= 15 is 0 Å². The second-order valence-corrected chi connectivity index (χ2v) is 3.56. The summed E-state index contributed by atoms with van der Waals surface area (Å²) in [5.74, 6) is 0. The Kier molecular flexibility index (Phi) is 2.82. The fraction of sp³-hybridized carbons (Fsp3) is 0.455. The van der Waals surface area contributed by atoms with Gasteiger partial charge in [0.25, 0.3) is 0 Å². The molecule has 14 heavy (non-hydrogen) atoms. The van der Waals surface area contributed by atoms with E-state index in [0.29, 0.717) is 6.42 Å². The first-order chi connectivity index (χ1) is 6.81. The number of benzene rings is 1. The van der Waals surface area contributed by atoms with Crippen LogP contribution in [0.1, 0.15) is 18.1 Å². The summed E-state index contributed by atoms with van der Waals surface area (Å²) in [6, 6.07) is 9.77. The van der Waals surface area contributed by atoms with Crippen LogP contribution in [0.25, 0.3) is 0 Å². The zero-order chi connectivity index (χ0) is 9.97. The van der Waals surface area contributed by atoms with Gasteiger partial charge in [0.2, 0.25) is 0 Å². The Morgan fingerprint density at radius 2 is 2.00 bits per heavy atom. The molecule has 1 aliphatic rings. The van der Waals surface area contributed by atoms with Crippen LogP contribution >= 0.6 is 0 Å². The first-order valence-corrected chi connectivity index (χ1v) is 4.80. The van der Waals surface area contributed by atoms with Crippen LogP contribution in [0.3, 0.4) is 0 Å². The Balaban J connectivity index is 2.09. The molecule has 1 saturated heterocycles. The maximum Gasteiger partial charge on any atom is 0.107 e. The fourth-order valence-electron chi connectivity index (χ4n) is 1.78. The van der Waals surface area contributed by atoms with E-state index in [2.05, 4.69) is 0 Å². The molecule has 0 spiro atoms. The van der Waals surface area contributed by atoms with Crippen molar-refractivity contribution in [2.24, 2.45) is 0 Å². The monoisotopic (exact) mass is 194 g/mol. The summed E-state index contributed by atoms with van der Waals surface area (Å²) in [6.45, 7) is -0.121. The van der Waals surface area contributed by atoms with Crippen LogP contribution in [0.5, 0.6) is 0 Å². The molecule has 1 aromatic rings. The summed E-state index contributed by atoms with van der Waals surface area (Å²) < 4.78 is 5.51. The molecule has 1 heterocycles. The van der Waals surface area contributed by atoms with Gasteiger partial charge in [-0.25, -0.2) is 0 Å². The molecule has 0 bridgehead atoms. The molecule has 0 saturated carbocycles. The Hall–Kier alpha value is -0.900. The molecule has 3 atom stereocenters. The molecule has 0 radical (unpaired) electrons. The molecule has 0 unspecified atom stereocenters. The summed E-state index contributed by atoms with van der Waals surface area (Å²) in [6.07, 6.45) is -0.497. The van der Waals surface area contributed by atoms with Crippen molar-refractivity contribution in [1.29, 1.82) is 0 Å². The third-order valence-corrected chi connectivity index (χ3v) is 2.58. The minimum absolute atomic E-state index is 0.0802. The van der Waals surface area contributed by atoms with E-state index in [-0.39, 0.29) is 12.7 Å². The number of hydrogen-bond donors (Lipinski definition) is 2. The molecule has 2 rings (SSSR count). The van der Waals surface area contributed by atoms with E-state index < -0.39 is 12.2 Å². The topological polar surface area (TPSA) is 49.7 Å². The lowest BCUT2D eigenvalue weighted by atomic mass is 10.1. The van der Waals surface area contributed by atoms with Crippen LogP contribution in [0.15, 0.2) is 30.3 Å². The highest BCUT2D eigenvalue weighted by Gasteiger charge is 2.33. The highest BCUT2D eigenvalue weighted by atomic mass is 16.5. The quantitative estimate of drug-likeness (QED) is 0.734. The molecular formula is C11H14O3. The Bertz CT molecular complexity index is 286. The Morgan fingerprint density at radius 3 is 2.57 bits per heavy atom. The van der Waals surface area contributed by atoms with Gasteiger partial charge in [0.1, 0.15) is 6.10 Å². The summed E-state index contributed by atoms with van der Waals surface area (Å²) in [5, 5.41) is 18.5. The van der Waals surface area contributed by atoms with Crippen molar-refractivity contribution in [1.82, 2.24) is 0 Å². The molecule has 76 valence electrons. The van der Waals surface area contributed by atoms with Crippen molar-refractivity contribution in [3.63, 3.8) is 0 Å². The number of ether oxygens (including phenoxy) is 1. The maximum absolute atomic E-state index is 9.54. The summed E-state index contributed by atoms with van der Waals surface area (Å²) >= 11 is 0. The molecule has 1 aromatic carbocycles. The van der Waals surface area contributed by atoms with Crippen LogP contribution in [-0.2, 0) is 4.74 Å². The zero-order valence-electron chi connectivity index (χ0n) is 7.84. The largest absolute Gasteiger partial charge is 0.394 e. The third-order valence-electron chi connectivity index (χ3n) is 2.58. The van der Waals surface area contributed by atoms with Crippen molar-refractivity contribution in [3.8, 4) is 0 Å². The average Bonchev–Trinajstić information content (AvgIpc) is 2.61. The summed E-state index contributed by atoms with van der Waals surface area (Å²) in [4.78, 5) is 0. The van der Waals surface area contributed by atoms with Crippen molar-refractivity contribution < 1.29 is 14.9 Å². The van der Waals surface area contributed by atoms with E-state index in [0.717, 1.165) is 5.56 Å². The van der Waals surface area contributed by atoms with E-state index in [9.17, 15) is 5.11 Å². The van der Waals surface area contributed by atoms with Gasteiger partial charge in [-0.2, -0.15) is 0 Å². The Morgan fingerprint density at radius 1 is 1.29 bits per heavy atom. The summed E-state index contributed by atoms with van der Waals surface area (Å²) in [5.41, 5.74) is 1.06. The van der Waals surface area contributed by atoms with Crippen LogP contribution < -0.4 is 0 Å². The minimum Gasteiger partial charge on any atom is -0.394 e. The minimum atomic E-state index is -0.551. The van der Waals surface area contributed by atoms with E-state index in [1.807, 2.05) is 30.3 Å². The van der Waals surface area contributed by atoms with Crippen LogP contribution in [0.2, 0.25) is 0 Å². The highest BCUT2D eigenvalue weighted by Crippen LogP contribution is 2.32. The smallest absolute Gasteiger partial charge is 0.107 e. The number of hydrogen-bond acceptors (Lipinski definition) is 3. The van der Waals surface area contributed by atoms with Gasteiger partial charge < -0.3 is 14.9 Å². The van der Waals surface area contributed by atoms with Crippen molar-refractivity contribution in [2.45, 2.75) is 24.7 Å². The molecule has 2 N–H and O–H groups in total. The highest BCUT2D eigenvalue weighted by molar-refractivity contribution is 5.18. The lowest BCUT2D eigenvalue weighted by Crippen LogP contribution is -2.24. The summed E-state index contributed by atoms with van der Waals surface area (Å²) in [7, 11) is 0. The van der Waals surface area contributed by atoms with Gasteiger partial charge >= 0.3 is 0 Å². The molecular weight excluding hydrogens is 180 g/mol. The number of aliphatic hydroxyl groups is 2. The average molecular weight is 194 g/mol. The first kappa shape index (κ1) is 9.65. The van der Waals surface area contributed by atoms with Gasteiger partial charge in [-0.05, 0) is 5.56 Å². The zero-order valence-corrected chi connectivity index (χ0v) is 7.84. The fourth-order valence-corrected chi connectivity index (χ4v) is 1.78. The van der Waals surface area contributed by atoms with E-state index in [1.165, 1.54) is 0 Å². The maximum atomic E-state index is 9.54. The molecule has 3 nitrogen and oxygen atoms in total. The SMILES string of the molecule is OC[C@@H]1O[C@@H](c2ccccc2)C[C@@H]1O. The lowest BCUT2D eigenvalue weighted by molar-refractivity contribution is -0.0225. The van der Waals surface area contributed by atoms with E-state index in [4.69, 9.17) is 9.84 Å². The predicted octanol–water partition coefficient (Wildman–Crippen LogP) is 0.870. The number of rotatable bonds is 2. The first-order valence-electron chi connectivity index (χ1n) is 4.80. The molecule has 0 aromatic heterocycles. The molecule has 1 fully saturated rings. The van der Waals surface area contributed by atoms with Crippen LogP contribution in [0, 0.1) is 0 Å².